The monoisotopic (exact) mass is 381 g/mol. The van der Waals surface area contributed by atoms with Crippen molar-refractivity contribution in [2.24, 2.45) is 0 Å². The number of fused-ring (bicyclic) bond motifs is 2. The van der Waals surface area contributed by atoms with Gasteiger partial charge in [0, 0.05) is 38.3 Å². The summed E-state index contributed by atoms with van der Waals surface area (Å²) in [5, 5.41) is 5.59. The topological polar surface area (TPSA) is 61.4 Å². The van der Waals surface area contributed by atoms with Gasteiger partial charge in [-0.15, -0.1) is 0 Å². The van der Waals surface area contributed by atoms with Gasteiger partial charge in [-0.1, -0.05) is 30.3 Å². The van der Waals surface area contributed by atoms with Gasteiger partial charge in [0.05, 0.1) is 5.92 Å². The van der Waals surface area contributed by atoms with E-state index in [1.165, 1.54) is 23.3 Å². The molecule has 4 rings (SSSR count). The van der Waals surface area contributed by atoms with Crippen molar-refractivity contribution in [3.63, 3.8) is 0 Å². The van der Waals surface area contributed by atoms with E-state index in [1.54, 1.807) is 6.07 Å². The highest BCUT2D eigenvalue weighted by molar-refractivity contribution is 6.01. The van der Waals surface area contributed by atoms with E-state index in [9.17, 15) is 14.0 Å². The lowest BCUT2D eigenvalue weighted by molar-refractivity contribution is -0.126. The summed E-state index contributed by atoms with van der Waals surface area (Å²) in [4.78, 5) is 26.9. The van der Waals surface area contributed by atoms with Gasteiger partial charge in [0.1, 0.15) is 5.82 Å². The first-order valence-electron chi connectivity index (χ1n) is 9.76. The van der Waals surface area contributed by atoms with Crippen molar-refractivity contribution in [3.8, 4) is 0 Å². The van der Waals surface area contributed by atoms with E-state index in [4.69, 9.17) is 0 Å². The van der Waals surface area contributed by atoms with E-state index in [-0.39, 0.29) is 18.2 Å². The third-order valence-electron chi connectivity index (χ3n) is 5.53. The van der Waals surface area contributed by atoms with E-state index in [0.717, 1.165) is 32.5 Å². The molecule has 2 aromatic carbocycles. The van der Waals surface area contributed by atoms with Crippen molar-refractivity contribution in [1.82, 2.24) is 10.2 Å². The number of hydrogen-bond donors (Lipinski definition) is 2. The largest absolute Gasteiger partial charge is 0.356 e. The van der Waals surface area contributed by atoms with Crippen molar-refractivity contribution >= 4 is 17.5 Å². The third-order valence-corrected chi connectivity index (χ3v) is 5.53. The number of amides is 2. The minimum Gasteiger partial charge on any atom is -0.356 e. The number of nitrogens with zero attached hydrogens (tertiary/aromatic N) is 1. The maximum atomic E-state index is 13.4. The summed E-state index contributed by atoms with van der Waals surface area (Å²) in [5.74, 6) is -1.42. The highest BCUT2D eigenvalue weighted by Crippen LogP contribution is 2.32. The zero-order valence-corrected chi connectivity index (χ0v) is 15.7. The molecule has 0 spiro atoms. The standard InChI is InChI=1S/C22H24FN3O2/c23-17-6-7-18-19(13-21(27)25-20(18)12-17)22(28)24-9-3-10-26-11-8-15-4-1-2-5-16(15)14-26/h1-2,4-7,12,19H,3,8-11,13-14H2,(H,24,28)(H,25,27). The lowest BCUT2D eigenvalue weighted by Gasteiger charge is -2.29. The van der Waals surface area contributed by atoms with Crippen molar-refractivity contribution in [1.29, 1.82) is 0 Å². The summed E-state index contributed by atoms with van der Waals surface area (Å²) in [6, 6.07) is 12.7. The van der Waals surface area contributed by atoms with Crippen molar-refractivity contribution in [2.75, 3.05) is 25.0 Å². The second kappa shape index (κ2) is 8.10. The number of nitrogens with one attached hydrogen (secondary N) is 2. The molecule has 2 amide bonds. The van der Waals surface area contributed by atoms with Crippen LogP contribution in [0.2, 0.25) is 0 Å². The molecule has 0 bridgehead atoms. The summed E-state index contributed by atoms with van der Waals surface area (Å²) in [5.41, 5.74) is 3.88. The van der Waals surface area contributed by atoms with Crippen LogP contribution >= 0.6 is 0 Å². The second-order valence-electron chi connectivity index (χ2n) is 7.48. The lowest BCUT2D eigenvalue weighted by atomic mass is 9.89. The molecule has 2 aliphatic rings. The van der Waals surface area contributed by atoms with Gasteiger partial charge in [-0.2, -0.15) is 0 Å². The second-order valence-corrected chi connectivity index (χ2v) is 7.48. The summed E-state index contributed by atoms with van der Waals surface area (Å²) in [6.07, 6.45) is 2.00. The van der Waals surface area contributed by atoms with Gasteiger partial charge in [0.15, 0.2) is 0 Å². The van der Waals surface area contributed by atoms with E-state index in [1.807, 2.05) is 0 Å². The Kier molecular flexibility index (Phi) is 5.39. The van der Waals surface area contributed by atoms with Gasteiger partial charge >= 0.3 is 0 Å². The molecule has 0 saturated heterocycles. The summed E-state index contributed by atoms with van der Waals surface area (Å²) >= 11 is 0. The number of rotatable bonds is 5. The maximum Gasteiger partial charge on any atom is 0.228 e. The van der Waals surface area contributed by atoms with Gasteiger partial charge in [0.2, 0.25) is 11.8 Å². The van der Waals surface area contributed by atoms with Crippen LogP contribution in [0, 0.1) is 5.82 Å². The third kappa shape index (κ3) is 4.07. The highest BCUT2D eigenvalue weighted by atomic mass is 19.1. The Balaban J connectivity index is 1.28. The molecule has 2 heterocycles. The molecule has 146 valence electrons. The normalized spacial score (nSPS) is 18.8. The molecule has 0 aromatic heterocycles. The smallest absolute Gasteiger partial charge is 0.228 e. The molecule has 0 radical (unpaired) electrons. The molecule has 5 nitrogen and oxygen atoms in total. The Morgan fingerprint density at radius 2 is 2.04 bits per heavy atom. The highest BCUT2D eigenvalue weighted by Gasteiger charge is 2.30. The van der Waals surface area contributed by atoms with Crippen molar-refractivity contribution in [2.45, 2.75) is 31.7 Å². The first-order valence-corrected chi connectivity index (χ1v) is 9.76. The predicted octanol–water partition coefficient (Wildman–Crippen LogP) is 2.82. The Morgan fingerprint density at radius 3 is 2.89 bits per heavy atom. The minimum absolute atomic E-state index is 0.0906. The molecule has 0 aliphatic carbocycles. The molecule has 1 atom stereocenters. The van der Waals surface area contributed by atoms with Crippen LogP contribution in [0.15, 0.2) is 42.5 Å². The van der Waals surface area contributed by atoms with Crippen LogP contribution in [-0.4, -0.2) is 36.3 Å². The number of anilines is 1. The van der Waals surface area contributed by atoms with Crippen LogP contribution in [0.4, 0.5) is 10.1 Å². The molecule has 6 heteroatoms. The molecule has 28 heavy (non-hydrogen) atoms. The van der Waals surface area contributed by atoms with Crippen LogP contribution in [0.25, 0.3) is 0 Å². The van der Waals surface area contributed by atoms with E-state index >= 15 is 0 Å². The van der Waals surface area contributed by atoms with Crippen LogP contribution in [-0.2, 0) is 22.6 Å². The molecular formula is C22H24FN3O2. The molecule has 2 N–H and O–H groups in total. The number of carbonyl (C=O) groups is 2. The van der Waals surface area contributed by atoms with Crippen LogP contribution in [0.3, 0.4) is 0 Å². The van der Waals surface area contributed by atoms with Gasteiger partial charge in [-0.25, -0.2) is 4.39 Å². The fourth-order valence-corrected chi connectivity index (χ4v) is 4.05. The summed E-state index contributed by atoms with van der Waals surface area (Å²) in [7, 11) is 0. The van der Waals surface area contributed by atoms with Crippen LogP contribution < -0.4 is 10.6 Å². The SMILES string of the molecule is O=C1CC(C(=O)NCCCN2CCc3ccccc3C2)c2ccc(F)cc2N1. The van der Waals surface area contributed by atoms with E-state index in [0.29, 0.717) is 17.8 Å². The number of benzene rings is 2. The lowest BCUT2D eigenvalue weighted by Crippen LogP contribution is -2.37. The van der Waals surface area contributed by atoms with Crippen LogP contribution in [0.5, 0.6) is 0 Å². The summed E-state index contributed by atoms with van der Waals surface area (Å²) < 4.78 is 13.4. The van der Waals surface area contributed by atoms with Gasteiger partial charge in [0.25, 0.3) is 0 Å². The van der Waals surface area contributed by atoms with Gasteiger partial charge < -0.3 is 10.6 Å². The molecule has 2 aromatic rings. The Labute approximate surface area is 163 Å². The first kappa shape index (κ1) is 18.6. The fraction of sp³-hybridized carbons (Fsp3) is 0.364. The number of carbonyl (C=O) groups excluding carboxylic acids is 2. The average Bonchev–Trinajstić information content (AvgIpc) is 2.70. The minimum atomic E-state index is -0.564. The first-order chi connectivity index (χ1) is 13.6. The Hall–Kier alpha value is -2.73. The number of halogens is 1. The zero-order valence-electron chi connectivity index (χ0n) is 15.7. The van der Waals surface area contributed by atoms with Gasteiger partial charge in [-0.3, -0.25) is 14.5 Å². The van der Waals surface area contributed by atoms with E-state index in [2.05, 4.69) is 39.8 Å². The summed E-state index contributed by atoms with van der Waals surface area (Å²) in [6.45, 7) is 3.46. The number of hydrogen-bond acceptors (Lipinski definition) is 3. The predicted molar refractivity (Wildman–Crippen MR) is 105 cm³/mol. The molecular weight excluding hydrogens is 357 g/mol. The fourth-order valence-electron chi connectivity index (χ4n) is 4.05. The maximum absolute atomic E-state index is 13.4. The molecule has 2 aliphatic heterocycles. The van der Waals surface area contributed by atoms with Crippen LogP contribution in [0.1, 0.15) is 35.4 Å². The van der Waals surface area contributed by atoms with Crippen molar-refractivity contribution in [3.05, 3.63) is 65.0 Å². The van der Waals surface area contributed by atoms with Crippen molar-refractivity contribution < 1.29 is 14.0 Å². The quantitative estimate of drug-likeness (QED) is 0.783. The Morgan fingerprint density at radius 1 is 1.21 bits per heavy atom. The van der Waals surface area contributed by atoms with Gasteiger partial charge in [-0.05, 0) is 41.7 Å². The van der Waals surface area contributed by atoms with E-state index < -0.39 is 11.7 Å². The average molecular weight is 381 g/mol. The molecule has 0 saturated carbocycles. The zero-order chi connectivity index (χ0) is 19.5. The Bertz CT molecular complexity index is 899. The molecule has 1 unspecified atom stereocenters. The molecule has 0 fully saturated rings.